The Morgan fingerprint density at radius 1 is 1.14 bits per heavy atom. The monoisotopic (exact) mass is 283 g/mol. The van der Waals surface area contributed by atoms with Gasteiger partial charge in [0.25, 0.3) is 0 Å². The highest BCUT2D eigenvalue weighted by molar-refractivity contribution is 5.95. The second-order valence-electron chi connectivity index (χ2n) is 5.14. The normalized spacial score (nSPS) is 14.0. The van der Waals surface area contributed by atoms with Gasteiger partial charge in [-0.25, -0.2) is 4.79 Å². The Balaban J connectivity index is 2.04. The van der Waals surface area contributed by atoms with E-state index >= 15 is 0 Å². The summed E-state index contributed by atoms with van der Waals surface area (Å²) in [7, 11) is 2.07. The van der Waals surface area contributed by atoms with E-state index < -0.39 is 5.97 Å². The summed E-state index contributed by atoms with van der Waals surface area (Å²) >= 11 is 0. The first-order valence-corrected chi connectivity index (χ1v) is 6.78. The molecule has 0 unspecified atom stereocenters. The van der Waals surface area contributed by atoms with Gasteiger partial charge in [0, 0.05) is 31.5 Å². The number of nitrogens with two attached hydrogens (primary N) is 1. The molecule has 1 aliphatic heterocycles. The lowest BCUT2D eigenvalue weighted by atomic mass is 10.1. The van der Waals surface area contributed by atoms with Gasteiger partial charge in [0.2, 0.25) is 0 Å². The Morgan fingerprint density at radius 3 is 2.52 bits per heavy atom. The Bertz CT molecular complexity index is 700. The Labute approximate surface area is 123 Å². The van der Waals surface area contributed by atoms with E-state index in [2.05, 4.69) is 29.0 Å². The summed E-state index contributed by atoms with van der Waals surface area (Å²) in [6.07, 6.45) is 0. The fourth-order valence-corrected chi connectivity index (χ4v) is 2.69. The summed E-state index contributed by atoms with van der Waals surface area (Å²) in [6, 6.07) is 13.3. The first-order chi connectivity index (χ1) is 10.1. The van der Waals surface area contributed by atoms with Gasteiger partial charge in [0.15, 0.2) is 0 Å². The third-order valence-electron chi connectivity index (χ3n) is 3.82. The maximum atomic E-state index is 11.1. The molecule has 5 heteroatoms. The van der Waals surface area contributed by atoms with E-state index in [-0.39, 0.29) is 11.3 Å². The average Bonchev–Trinajstić information content (AvgIpc) is 2.47. The van der Waals surface area contributed by atoms with E-state index in [1.807, 2.05) is 18.2 Å². The molecule has 0 bridgehead atoms. The topological polar surface area (TPSA) is 69.8 Å². The van der Waals surface area contributed by atoms with Crippen LogP contribution in [-0.4, -0.2) is 31.2 Å². The molecule has 2 aromatic carbocycles. The molecule has 1 heterocycles. The number of aromatic carboxylic acids is 1. The number of para-hydroxylation sites is 2. The molecule has 0 aliphatic carbocycles. The van der Waals surface area contributed by atoms with Crippen LogP contribution in [-0.2, 0) is 0 Å². The number of fused-ring (bicyclic) bond motifs is 1. The zero-order chi connectivity index (χ0) is 15.0. The van der Waals surface area contributed by atoms with Crippen molar-refractivity contribution in [1.82, 2.24) is 0 Å². The molecule has 0 fully saturated rings. The van der Waals surface area contributed by atoms with Crippen molar-refractivity contribution in [3.63, 3.8) is 0 Å². The molecule has 108 valence electrons. The van der Waals surface area contributed by atoms with Crippen LogP contribution in [0.2, 0.25) is 0 Å². The first-order valence-electron chi connectivity index (χ1n) is 6.78. The molecule has 0 atom stereocenters. The Hall–Kier alpha value is -2.69. The van der Waals surface area contributed by atoms with Crippen molar-refractivity contribution >= 4 is 28.7 Å². The average molecular weight is 283 g/mol. The molecule has 21 heavy (non-hydrogen) atoms. The highest BCUT2D eigenvalue weighted by Crippen LogP contribution is 2.37. The van der Waals surface area contributed by atoms with Crippen LogP contribution in [0.25, 0.3) is 0 Å². The van der Waals surface area contributed by atoms with Gasteiger partial charge in [-0.2, -0.15) is 0 Å². The minimum absolute atomic E-state index is 0.140. The van der Waals surface area contributed by atoms with Crippen LogP contribution in [0, 0.1) is 0 Å². The molecule has 0 aromatic heterocycles. The zero-order valence-electron chi connectivity index (χ0n) is 11.8. The number of carboxylic acids is 1. The summed E-state index contributed by atoms with van der Waals surface area (Å²) in [5, 5.41) is 9.06. The summed E-state index contributed by atoms with van der Waals surface area (Å²) in [5.74, 6) is -1.00. The second-order valence-corrected chi connectivity index (χ2v) is 5.14. The number of rotatable bonds is 2. The largest absolute Gasteiger partial charge is 0.478 e. The van der Waals surface area contributed by atoms with Gasteiger partial charge in [-0.1, -0.05) is 12.1 Å². The molecule has 0 saturated carbocycles. The van der Waals surface area contributed by atoms with Crippen molar-refractivity contribution in [1.29, 1.82) is 0 Å². The number of nitrogen functional groups attached to an aromatic ring is 1. The summed E-state index contributed by atoms with van der Waals surface area (Å²) in [5.41, 5.74) is 9.46. The third kappa shape index (κ3) is 2.27. The summed E-state index contributed by atoms with van der Waals surface area (Å²) < 4.78 is 0. The van der Waals surface area contributed by atoms with Gasteiger partial charge >= 0.3 is 5.97 Å². The molecular weight excluding hydrogens is 266 g/mol. The predicted octanol–water partition coefficient (Wildman–Crippen LogP) is 2.55. The smallest absolute Gasteiger partial charge is 0.337 e. The van der Waals surface area contributed by atoms with Crippen LogP contribution >= 0.6 is 0 Å². The number of benzene rings is 2. The molecule has 0 saturated heterocycles. The van der Waals surface area contributed by atoms with Crippen molar-refractivity contribution in [2.75, 3.05) is 35.7 Å². The van der Waals surface area contributed by atoms with E-state index in [1.165, 1.54) is 0 Å². The van der Waals surface area contributed by atoms with E-state index in [4.69, 9.17) is 10.8 Å². The molecule has 3 N–H and O–H groups in total. The first kappa shape index (κ1) is 13.3. The molecule has 5 nitrogen and oxygen atoms in total. The van der Waals surface area contributed by atoms with Crippen molar-refractivity contribution in [2.45, 2.75) is 0 Å². The quantitative estimate of drug-likeness (QED) is 0.829. The lowest BCUT2D eigenvalue weighted by molar-refractivity contribution is 0.0698. The Morgan fingerprint density at radius 2 is 1.86 bits per heavy atom. The van der Waals surface area contributed by atoms with Crippen molar-refractivity contribution < 1.29 is 9.90 Å². The minimum Gasteiger partial charge on any atom is -0.478 e. The maximum Gasteiger partial charge on any atom is 0.337 e. The van der Waals surface area contributed by atoms with E-state index in [1.54, 1.807) is 12.1 Å². The highest BCUT2D eigenvalue weighted by atomic mass is 16.4. The molecule has 0 radical (unpaired) electrons. The number of carbonyl (C=O) groups is 1. The molecule has 1 aliphatic rings. The molecule has 0 amide bonds. The van der Waals surface area contributed by atoms with Gasteiger partial charge in [-0.05, 0) is 30.3 Å². The van der Waals surface area contributed by atoms with Gasteiger partial charge in [0.05, 0.1) is 16.9 Å². The van der Waals surface area contributed by atoms with E-state index in [0.717, 1.165) is 30.2 Å². The summed E-state index contributed by atoms with van der Waals surface area (Å²) in [4.78, 5) is 15.4. The number of hydrogen-bond acceptors (Lipinski definition) is 4. The van der Waals surface area contributed by atoms with E-state index in [0.29, 0.717) is 0 Å². The van der Waals surface area contributed by atoms with Crippen LogP contribution in [0.5, 0.6) is 0 Å². The molecule has 0 spiro atoms. The molecular formula is C16H17N3O2. The van der Waals surface area contributed by atoms with Crippen LogP contribution in [0.3, 0.4) is 0 Å². The number of anilines is 4. The number of hydrogen-bond donors (Lipinski definition) is 2. The van der Waals surface area contributed by atoms with Crippen LogP contribution < -0.4 is 15.5 Å². The predicted molar refractivity (Wildman–Crippen MR) is 84.5 cm³/mol. The maximum absolute atomic E-state index is 11.1. The second kappa shape index (κ2) is 5.01. The van der Waals surface area contributed by atoms with Crippen LogP contribution in [0.1, 0.15) is 10.4 Å². The highest BCUT2D eigenvalue weighted by Gasteiger charge is 2.21. The van der Waals surface area contributed by atoms with Crippen molar-refractivity contribution in [3.05, 3.63) is 48.0 Å². The van der Waals surface area contributed by atoms with Gasteiger partial charge in [0.1, 0.15) is 0 Å². The SMILES string of the molecule is CN1CCN(c2ccc(C(=O)O)c(N)c2)c2ccccc21. The lowest BCUT2D eigenvalue weighted by Gasteiger charge is -2.37. The Kier molecular flexibility index (Phi) is 3.17. The van der Waals surface area contributed by atoms with E-state index in [9.17, 15) is 4.79 Å². The van der Waals surface area contributed by atoms with Crippen LogP contribution in [0.15, 0.2) is 42.5 Å². The standard InChI is InChI=1S/C16H17N3O2/c1-18-8-9-19(15-5-3-2-4-14(15)18)11-6-7-12(16(20)21)13(17)10-11/h2-7,10H,8-9,17H2,1H3,(H,20,21). The van der Waals surface area contributed by atoms with Gasteiger partial charge in [-0.3, -0.25) is 0 Å². The number of carboxylic acid groups (broad SMARTS) is 1. The number of nitrogens with zero attached hydrogens (tertiary/aromatic N) is 2. The fraction of sp³-hybridized carbons (Fsp3) is 0.188. The lowest BCUT2D eigenvalue weighted by Crippen LogP contribution is -2.36. The zero-order valence-corrected chi connectivity index (χ0v) is 11.8. The van der Waals surface area contributed by atoms with Gasteiger partial charge < -0.3 is 20.6 Å². The number of likely N-dealkylation sites (N-methyl/N-ethyl adjacent to an activating group) is 1. The molecule has 3 rings (SSSR count). The molecule has 2 aromatic rings. The van der Waals surface area contributed by atoms with Crippen LogP contribution in [0.4, 0.5) is 22.7 Å². The summed E-state index contributed by atoms with van der Waals surface area (Å²) in [6.45, 7) is 1.73. The van der Waals surface area contributed by atoms with Crippen molar-refractivity contribution in [3.8, 4) is 0 Å². The van der Waals surface area contributed by atoms with Gasteiger partial charge in [-0.15, -0.1) is 0 Å². The third-order valence-corrected chi connectivity index (χ3v) is 3.82. The van der Waals surface area contributed by atoms with Crippen molar-refractivity contribution in [2.24, 2.45) is 0 Å². The minimum atomic E-state index is -1.00. The fourth-order valence-electron chi connectivity index (χ4n) is 2.69.